The Kier molecular flexibility index (Phi) is 3.79. The van der Waals surface area contributed by atoms with E-state index in [1.165, 1.54) is 0 Å². The first-order valence-corrected chi connectivity index (χ1v) is 7.87. The van der Waals surface area contributed by atoms with Crippen molar-refractivity contribution in [2.24, 2.45) is 5.41 Å². The van der Waals surface area contributed by atoms with E-state index in [-0.39, 0.29) is 11.3 Å². The first-order chi connectivity index (χ1) is 10.2. The zero-order chi connectivity index (χ0) is 14.9. The highest BCUT2D eigenvalue weighted by Gasteiger charge is 2.41. The molecule has 0 N–H and O–H groups in total. The van der Waals surface area contributed by atoms with Gasteiger partial charge in [0.05, 0.1) is 0 Å². The fourth-order valence-electron chi connectivity index (χ4n) is 3.44. The van der Waals surface area contributed by atoms with Crippen molar-refractivity contribution in [1.82, 2.24) is 0 Å². The van der Waals surface area contributed by atoms with Gasteiger partial charge in [0.1, 0.15) is 13.2 Å². The van der Waals surface area contributed by atoms with E-state index in [4.69, 9.17) is 9.47 Å². The van der Waals surface area contributed by atoms with Gasteiger partial charge in [-0.05, 0) is 30.4 Å². The Labute approximate surface area is 126 Å². The molecule has 21 heavy (non-hydrogen) atoms. The maximum atomic E-state index is 12.4. The van der Waals surface area contributed by atoms with Gasteiger partial charge in [0, 0.05) is 24.7 Å². The van der Waals surface area contributed by atoms with Crippen LogP contribution >= 0.6 is 0 Å². The summed E-state index contributed by atoms with van der Waals surface area (Å²) >= 11 is 0. The van der Waals surface area contributed by atoms with Gasteiger partial charge in [-0.15, -0.1) is 0 Å². The molecule has 0 saturated carbocycles. The van der Waals surface area contributed by atoms with Crippen molar-refractivity contribution < 1.29 is 14.3 Å². The van der Waals surface area contributed by atoms with E-state index in [1.54, 1.807) is 0 Å². The lowest BCUT2D eigenvalue weighted by molar-refractivity contribution is -0.117. The van der Waals surface area contributed by atoms with Crippen LogP contribution in [0, 0.1) is 5.41 Å². The molecule has 1 unspecified atom stereocenters. The van der Waals surface area contributed by atoms with Crippen molar-refractivity contribution in [2.45, 2.75) is 39.5 Å². The van der Waals surface area contributed by atoms with Crippen LogP contribution in [0.1, 0.15) is 39.5 Å². The molecule has 1 fully saturated rings. The number of carbonyl (C=O) groups is 1. The van der Waals surface area contributed by atoms with E-state index in [0.717, 1.165) is 43.0 Å². The molecule has 4 nitrogen and oxygen atoms in total. The lowest BCUT2D eigenvalue weighted by Crippen LogP contribution is -2.28. The number of anilines is 1. The fraction of sp³-hybridized carbons (Fsp3) is 0.588. The lowest BCUT2D eigenvalue weighted by Gasteiger charge is -2.27. The molecule has 0 radical (unpaired) electrons. The summed E-state index contributed by atoms with van der Waals surface area (Å²) < 4.78 is 11.2. The van der Waals surface area contributed by atoms with Gasteiger partial charge in [-0.1, -0.05) is 20.3 Å². The van der Waals surface area contributed by atoms with Gasteiger partial charge in [-0.2, -0.15) is 0 Å². The van der Waals surface area contributed by atoms with Gasteiger partial charge in [-0.25, -0.2) is 0 Å². The summed E-state index contributed by atoms with van der Waals surface area (Å²) in [6, 6.07) is 5.80. The molecule has 1 aromatic rings. The molecule has 114 valence electrons. The second-order valence-electron chi connectivity index (χ2n) is 6.09. The number of carbonyl (C=O) groups excluding carboxylic acids is 1. The molecular formula is C17H23NO3. The van der Waals surface area contributed by atoms with Gasteiger partial charge in [0.15, 0.2) is 11.5 Å². The predicted octanol–water partition coefficient (Wildman–Crippen LogP) is 3.39. The quantitative estimate of drug-likeness (QED) is 0.853. The number of fused-ring (bicyclic) bond motifs is 1. The molecular weight excluding hydrogens is 266 g/mol. The summed E-state index contributed by atoms with van der Waals surface area (Å²) in [6.45, 7) is 6.35. The summed E-state index contributed by atoms with van der Waals surface area (Å²) in [5, 5.41) is 0. The first kappa shape index (κ1) is 14.2. The van der Waals surface area contributed by atoms with Gasteiger partial charge in [-0.3, -0.25) is 4.79 Å². The molecule has 1 atom stereocenters. The van der Waals surface area contributed by atoms with Gasteiger partial charge in [0.2, 0.25) is 5.91 Å². The van der Waals surface area contributed by atoms with Crippen molar-refractivity contribution in [2.75, 3.05) is 24.7 Å². The number of ether oxygens (including phenoxy) is 2. The zero-order valence-electron chi connectivity index (χ0n) is 12.9. The summed E-state index contributed by atoms with van der Waals surface area (Å²) in [7, 11) is 0. The molecule has 1 saturated heterocycles. The van der Waals surface area contributed by atoms with Crippen molar-refractivity contribution in [3.05, 3.63) is 18.2 Å². The Morgan fingerprint density at radius 3 is 2.67 bits per heavy atom. The number of hydrogen-bond donors (Lipinski definition) is 0. The minimum Gasteiger partial charge on any atom is -0.486 e. The smallest absolute Gasteiger partial charge is 0.227 e. The van der Waals surface area contributed by atoms with Crippen molar-refractivity contribution in [3.63, 3.8) is 0 Å². The molecule has 0 spiro atoms. The molecule has 1 amide bonds. The van der Waals surface area contributed by atoms with Gasteiger partial charge >= 0.3 is 0 Å². The van der Waals surface area contributed by atoms with Crippen LogP contribution in [-0.2, 0) is 4.79 Å². The highest BCUT2D eigenvalue weighted by Crippen LogP contribution is 2.42. The number of hydrogen-bond acceptors (Lipinski definition) is 3. The van der Waals surface area contributed by atoms with Crippen LogP contribution < -0.4 is 14.4 Å². The van der Waals surface area contributed by atoms with E-state index in [9.17, 15) is 4.79 Å². The Balaban J connectivity index is 1.85. The third-order valence-electron chi connectivity index (χ3n) is 4.69. The van der Waals surface area contributed by atoms with Crippen molar-refractivity contribution >= 4 is 11.6 Å². The summed E-state index contributed by atoms with van der Waals surface area (Å²) in [5.41, 5.74) is 1.06. The summed E-state index contributed by atoms with van der Waals surface area (Å²) in [6.07, 6.45) is 3.94. The van der Waals surface area contributed by atoms with Gasteiger partial charge < -0.3 is 14.4 Å². The molecule has 2 aliphatic rings. The molecule has 1 aromatic carbocycles. The minimum atomic E-state index is 0.138. The third-order valence-corrected chi connectivity index (χ3v) is 4.69. The molecule has 0 aliphatic carbocycles. The molecule has 3 rings (SSSR count). The van der Waals surface area contributed by atoms with Crippen LogP contribution in [0.25, 0.3) is 0 Å². The third kappa shape index (κ3) is 2.59. The predicted molar refractivity (Wildman–Crippen MR) is 82.0 cm³/mol. The van der Waals surface area contributed by atoms with Crippen molar-refractivity contribution in [1.29, 1.82) is 0 Å². The Morgan fingerprint density at radius 1 is 1.19 bits per heavy atom. The second kappa shape index (κ2) is 5.58. The molecule has 0 bridgehead atoms. The monoisotopic (exact) mass is 289 g/mol. The molecule has 2 heterocycles. The highest BCUT2D eigenvalue weighted by molar-refractivity contribution is 5.96. The molecule has 4 heteroatoms. The lowest BCUT2D eigenvalue weighted by atomic mass is 9.80. The molecule has 2 aliphatic heterocycles. The average Bonchev–Trinajstić information content (AvgIpc) is 2.84. The van der Waals surface area contributed by atoms with E-state index in [0.29, 0.717) is 19.6 Å². The summed E-state index contributed by atoms with van der Waals surface area (Å²) in [5.74, 6) is 1.74. The Bertz CT molecular complexity index is 543. The maximum Gasteiger partial charge on any atom is 0.227 e. The van der Waals surface area contributed by atoms with E-state index < -0.39 is 0 Å². The normalized spacial score (nSPS) is 24.5. The zero-order valence-corrected chi connectivity index (χ0v) is 12.9. The van der Waals surface area contributed by atoms with E-state index in [2.05, 4.69) is 13.8 Å². The second-order valence-corrected chi connectivity index (χ2v) is 6.09. The summed E-state index contributed by atoms with van der Waals surface area (Å²) in [4.78, 5) is 14.4. The first-order valence-electron chi connectivity index (χ1n) is 7.87. The average molecular weight is 289 g/mol. The maximum absolute atomic E-state index is 12.4. The van der Waals surface area contributed by atoms with Gasteiger partial charge in [0.25, 0.3) is 0 Å². The fourth-order valence-corrected chi connectivity index (χ4v) is 3.44. The number of nitrogens with zero attached hydrogens (tertiary/aromatic N) is 1. The minimum absolute atomic E-state index is 0.138. The number of rotatable bonds is 4. The molecule has 0 aromatic heterocycles. The van der Waals surface area contributed by atoms with Crippen LogP contribution in [0.4, 0.5) is 5.69 Å². The van der Waals surface area contributed by atoms with Crippen LogP contribution in [0.5, 0.6) is 11.5 Å². The topological polar surface area (TPSA) is 38.8 Å². The number of benzene rings is 1. The largest absolute Gasteiger partial charge is 0.486 e. The SMILES string of the molecule is CCCC1(CC)CC(=O)N(c2ccc3c(c2)OCCO3)C1. The van der Waals surface area contributed by atoms with Crippen LogP contribution in [-0.4, -0.2) is 25.7 Å². The Hall–Kier alpha value is -1.71. The highest BCUT2D eigenvalue weighted by atomic mass is 16.6. The van der Waals surface area contributed by atoms with E-state index in [1.807, 2.05) is 23.1 Å². The standard InChI is InChI=1S/C17H23NO3/c1-3-7-17(4-2)11-16(19)18(12-17)13-5-6-14-15(10-13)21-9-8-20-14/h5-6,10H,3-4,7-9,11-12H2,1-2H3. The van der Waals surface area contributed by atoms with Crippen LogP contribution in [0.2, 0.25) is 0 Å². The Morgan fingerprint density at radius 2 is 1.95 bits per heavy atom. The van der Waals surface area contributed by atoms with Crippen LogP contribution in [0.15, 0.2) is 18.2 Å². The number of amides is 1. The van der Waals surface area contributed by atoms with E-state index >= 15 is 0 Å². The van der Waals surface area contributed by atoms with Crippen molar-refractivity contribution in [3.8, 4) is 11.5 Å². The van der Waals surface area contributed by atoms with Crippen LogP contribution in [0.3, 0.4) is 0 Å².